The molecular formula is C18H19ClN4. The Bertz CT molecular complexity index is 800. The zero-order valence-corrected chi connectivity index (χ0v) is 13.6. The monoisotopic (exact) mass is 326 g/mol. The number of nitrogens with zero attached hydrogens (tertiary/aromatic N) is 3. The molecule has 0 saturated carbocycles. The van der Waals surface area contributed by atoms with Crippen molar-refractivity contribution in [2.24, 2.45) is 0 Å². The van der Waals surface area contributed by atoms with Gasteiger partial charge in [-0.25, -0.2) is 15.0 Å². The lowest BCUT2D eigenvalue weighted by molar-refractivity contribution is 0.571. The predicted octanol–water partition coefficient (Wildman–Crippen LogP) is 3.98. The van der Waals surface area contributed by atoms with E-state index in [0.717, 1.165) is 23.4 Å². The highest BCUT2D eigenvalue weighted by Gasteiger charge is 2.19. The largest absolute Gasteiger partial charge is 0.369 e. The fourth-order valence-electron chi connectivity index (χ4n) is 3.32. The standard InChI is InChI=1S/C18H18N4.ClH/c1-2-8-15-13(5-1)6-3-7-14(15)11-20-18-16-9-4-10-19-17(16)21-12-22-18;/h1-2,4-5,8-10,12,14H,3,6-7,11H2,(H,19,20,21,22);1H. The van der Waals surface area contributed by atoms with E-state index in [0.29, 0.717) is 5.92 Å². The molecule has 0 bridgehead atoms. The molecule has 23 heavy (non-hydrogen) atoms. The van der Waals surface area contributed by atoms with Crippen molar-refractivity contribution in [1.29, 1.82) is 0 Å². The van der Waals surface area contributed by atoms with Crippen LogP contribution < -0.4 is 5.32 Å². The molecule has 0 saturated heterocycles. The van der Waals surface area contributed by atoms with E-state index in [1.54, 1.807) is 12.5 Å². The van der Waals surface area contributed by atoms with E-state index in [9.17, 15) is 0 Å². The molecule has 0 spiro atoms. The molecule has 3 aromatic rings. The van der Waals surface area contributed by atoms with Gasteiger partial charge in [-0.1, -0.05) is 24.3 Å². The third-order valence-corrected chi connectivity index (χ3v) is 4.42. The number of hydrogen-bond acceptors (Lipinski definition) is 4. The molecule has 0 fully saturated rings. The van der Waals surface area contributed by atoms with Crippen molar-refractivity contribution in [3.05, 3.63) is 60.0 Å². The number of rotatable bonds is 3. The maximum absolute atomic E-state index is 4.39. The molecule has 1 aliphatic rings. The van der Waals surface area contributed by atoms with Gasteiger partial charge in [-0.3, -0.25) is 0 Å². The SMILES string of the molecule is Cl.c1ccc2c(c1)CCCC2CNc1ncnc2ncccc12. The Morgan fingerprint density at radius 2 is 1.96 bits per heavy atom. The molecule has 1 N–H and O–H groups in total. The third-order valence-electron chi connectivity index (χ3n) is 4.42. The quantitative estimate of drug-likeness (QED) is 0.791. The van der Waals surface area contributed by atoms with Crippen LogP contribution in [-0.4, -0.2) is 21.5 Å². The molecular weight excluding hydrogens is 308 g/mol. The minimum Gasteiger partial charge on any atom is -0.369 e. The number of aryl methyl sites for hydroxylation is 1. The molecule has 1 unspecified atom stereocenters. The highest BCUT2D eigenvalue weighted by atomic mass is 35.5. The first-order valence-corrected chi connectivity index (χ1v) is 7.79. The summed E-state index contributed by atoms with van der Waals surface area (Å²) in [6, 6.07) is 12.7. The second-order valence-electron chi connectivity index (χ2n) is 5.77. The van der Waals surface area contributed by atoms with Crippen molar-refractivity contribution < 1.29 is 0 Å². The second-order valence-corrected chi connectivity index (χ2v) is 5.77. The van der Waals surface area contributed by atoms with Crippen molar-refractivity contribution >= 4 is 29.3 Å². The number of aromatic nitrogens is 3. The Morgan fingerprint density at radius 1 is 1.04 bits per heavy atom. The minimum atomic E-state index is 0. The average molecular weight is 327 g/mol. The smallest absolute Gasteiger partial charge is 0.164 e. The van der Waals surface area contributed by atoms with Crippen LogP contribution in [0.3, 0.4) is 0 Å². The topological polar surface area (TPSA) is 50.7 Å². The fraction of sp³-hybridized carbons (Fsp3) is 0.278. The first kappa shape index (κ1) is 15.7. The number of benzene rings is 1. The number of nitrogens with one attached hydrogen (secondary N) is 1. The summed E-state index contributed by atoms with van der Waals surface area (Å²) in [5, 5.41) is 4.49. The summed E-state index contributed by atoms with van der Waals surface area (Å²) < 4.78 is 0. The molecule has 1 aliphatic carbocycles. The molecule has 0 radical (unpaired) electrons. The fourth-order valence-corrected chi connectivity index (χ4v) is 3.32. The lowest BCUT2D eigenvalue weighted by Gasteiger charge is -2.26. The molecule has 4 rings (SSSR count). The van der Waals surface area contributed by atoms with E-state index in [4.69, 9.17) is 0 Å². The van der Waals surface area contributed by atoms with E-state index in [1.807, 2.05) is 12.1 Å². The van der Waals surface area contributed by atoms with E-state index < -0.39 is 0 Å². The maximum Gasteiger partial charge on any atom is 0.164 e. The van der Waals surface area contributed by atoms with Crippen molar-refractivity contribution in [1.82, 2.24) is 15.0 Å². The van der Waals surface area contributed by atoms with E-state index in [1.165, 1.54) is 30.4 Å². The van der Waals surface area contributed by atoms with Gasteiger partial charge in [0.25, 0.3) is 0 Å². The molecule has 1 aromatic carbocycles. The molecule has 5 heteroatoms. The summed E-state index contributed by atoms with van der Waals surface area (Å²) in [5.74, 6) is 1.42. The summed E-state index contributed by atoms with van der Waals surface area (Å²) in [5.41, 5.74) is 3.72. The van der Waals surface area contributed by atoms with E-state index in [-0.39, 0.29) is 12.4 Å². The molecule has 118 valence electrons. The highest BCUT2D eigenvalue weighted by Crippen LogP contribution is 2.31. The Balaban J connectivity index is 0.00000156. The number of pyridine rings is 1. The molecule has 0 amide bonds. The van der Waals surface area contributed by atoms with Gasteiger partial charge >= 0.3 is 0 Å². The van der Waals surface area contributed by atoms with Crippen LogP contribution in [0.1, 0.15) is 29.9 Å². The first-order valence-electron chi connectivity index (χ1n) is 7.79. The Hall–Kier alpha value is -2.20. The Morgan fingerprint density at radius 3 is 2.91 bits per heavy atom. The number of fused-ring (bicyclic) bond motifs is 2. The van der Waals surface area contributed by atoms with Crippen molar-refractivity contribution in [2.75, 3.05) is 11.9 Å². The van der Waals surface area contributed by atoms with Gasteiger partial charge in [0.15, 0.2) is 5.65 Å². The lowest BCUT2D eigenvalue weighted by Crippen LogP contribution is -2.18. The van der Waals surface area contributed by atoms with Crippen LogP contribution in [0.25, 0.3) is 11.0 Å². The van der Waals surface area contributed by atoms with Crippen LogP contribution in [0, 0.1) is 0 Å². The summed E-state index contributed by atoms with van der Waals surface area (Å²) in [7, 11) is 0. The van der Waals surface area contributed by atoms with E-state index >= 15 is 0 Å². The second kappa shape index (κ2) is 6.92. The summed E-state index contributed by atoms with van der Waals surface area (Å²) in [4.78, 5) is 12.9. The number of anilines is 1. The van der Waals surface area contributed by atoms with Gasteiger partial charge in [-0.2, -0.15) is 0 Å². The van der Waals surface area contributed by atoms with Gasteiger partial charge in [0.1, 0.15) is 12.1 Å². The van der Waals surface area contributed by atoms with Gasteiger partial charge in [0, 0.05) is 18.7 Å². The van der Waals surface area contributed by atoms with Crippen molar-refractivity contribution in [3.63, 3.8) is 0 Å². The van der Waals surface area contributed by atoms with Crippen LogP contribution in [0.4, 0.5) is 5.82 Å². The third kappa shape index (κ3) is 3.13. The van der Waals surface area contributed by atoms with Gasteiger partial charge in [0.05, 0.1) is 5.39 Å². The molecule has 1 atom stereocenters. The Labute approximate surface area is 141 Å². The molecule has 0 aliphatic heterocycles. The normalized spacial score (nSPS) is 16.4. The van der Waals surface area contributed by atoms with Crippen LogP contribution in [0.2, 0.25) is 0 Å². The number of halogens is 1. The summed E-state index contributed by atoms with van der Waals surface area (Å²) in [6.45, 7) is 0.901. The molecule has 2 aromatic heterocycles. The minimum absolute atomic E-state index is 0. The van der Waals surface area contributed by atoms with Crippen molar-refractivity contribution in [2.45, 2.75) is 25.2 Å². The molecule has 2 heterocycles. The van der Waals surface area contributed by atoms with Crippen LogP contribution >= 0.6 is 12.4 Å². The van der Waals surface area contributed by atoms with Crippen molar-refractivity contribution in [3.8, 4) is 0 Å². The van der Waals surface area contributed by atoms with Gasteiger partial charge < -0.3 is 5.32 Å². The van der Waals surface area contributed by atoms with Gasteiger partial charge in [-0.05, 0) is 42.5 Å². The van der Waals surface area contributed by atoms with Crippen LogP contribution in [0.15, 0.2) is 48.9 Å². The summed E-state index contributed by atoms with van der Waals surface area (Å²) in [6.07, 6.45) is 7.02. The number of hydrogen-bond donors (Lipinski definition) is 1. The lowest BCUT2D eigenvalue weighted by atomic mass is 9.83. The van der Waals surface area contributed by atoms with Crippen LogP contribution in [-0.2, 0) is 6.42 Å². The van der Waals surface area contributed by atoms with Gasteiger partial charge in [0.2, 0.25) is 0 Å². The highest BCUT2D eigenvalue weighted by molar-refractivity contribution is 5.86. The van der Waals surface area contributed by atoms with Crippen LogP contribution in [0.5, 0.6) is 0 Å². The summed E-state index contributed by atoms with van der Waals surface area (Å²) >= 11 is 0. The first-order chi connectivity index (χ1) is 10.9. The zero-order valence-electron chi connectivity index (χ0n) is 12.8. The zero-order chi connectivity index (χ0) is 14.8. The average Bonchev–Trinajstić information content (AvgIpc) is 2.60. The maximum atomic E-state index is 4.39. The van der Waals surface area contributed by atoms with E-state index in [2.05, 4.69) is 44.5 Å². The Kier molecular flexibility index (Phi) is 4.72. The molecule has 4 nitrogen and oxygen atoms in total. The van der Waals surface area contributed by atoms with Gasteiger partial charge in [-0.15, -0.1) is 12.4 Å². The predicted molar refractivity (Wildman–Crippen MR) is 95.2 cm³/mol.